The van der Waals surface area contributed by atoms with Crippen LogP contribution in [0.4, 0.5) is 0 Å². The first-order valence-corrected chi connectivity index (χ1v) is 32.1. The number of hydrogen-bond acceptors (Lipinski definition) is 18. The molecule has 492 valence electrons. The van der Waals surface area contributed by atoms with Crippen molar-refractivity contribution in [3.63, 3.8) is 0 Å². The lowest BCUT2D eigenvalue weighted by Crippen LogP contribution is -2.56. The number of rotatable bonds is 26. The standard InChI is InChI=1S/C62H90N13O14P/c1-29-20-39-40(21-30(29)2)75(28-70-39)57-52(84)53(41(27-76)87-57)89-90(85,86)88-31(3)26-69-49(83)18-19-59(8)37(22-46(66)80)56-62(11)61(10,25-48(68)82)36(14-17-45(65)79)51(74-62)33(5)55-60(9,24-47(67)81)34(12-15-43(63)77)38(71-55)23-42-58(6,7)35(13-16-44(64)78)50(72-42)32(4)54(59)73-56/h20-21,23,28,31,34-37,41,52-53,56-57,71,76,84H,12-19,22,24-27H2,1-11H3,(H2,63,77)(H2,64,78)(H2,65,79)(H2,66,80)(H2,67,81)(H2,68,82)(H,69,83)(H,85,86). The lowest BCUT2D eigenvalue weighted by Gasteiger charge is -2.48. The van der Waals surface area contributed by atoms with Crippen LogP contribution in [0.5, 0.6) is 0 Å². The van der Waals surface area contributed by atoms with Crippen LogP contribution < -0.4 is 45.0 Å². The molecule has 7 heterocycles. The minimum atomic E-state index is -5.07. The van der Waals surface area contributed by atoms with Crippen LogP contribution in [0.1, 0.15) is 150 Å². The first kappa shape index (κ1) is 68.9. The Morgan fingerprint density at radius 3 is 1.99 bits per heavy atom. The van der Waals surface area contributed by atoms with Gasteiger partial charge in [-0.15, -0.1) is 0 Å². The number of nitrogens with zero attached hydrogens (tertiary/aromatic N) is 5. The Morgan fingerprint density at radius 1 is 0.800 bits per heavy atom. The van der Waals surface area contributed by atoms with E-state index in [0.717, 1.165) is 11.1 Å². The zero-order valence-electron chi connectivity index (χ0n) is 53.3. The molecule has 0 saturated carbocycles. The number of nitrogens with two attached hydrogens (primary N) is 6. The normalized spacial score (nSPS) is 32.0. The minimum absolute atomic E-state index is 0.0114. The molecule has 8 rings (SSSR count). The number of ether oxygens (including phenoxy) is 1. The zero-order chi connectivity index (χ0) is 66.7. The molecule has 0 aliphatic carbocycles. The summed E-state index contributed by atoms with van der Waals surface area (Å²) in [6, 6.07) is 2.70. The number of aromatic nitrogens is 2. The number of nitrogens with one attached hydrogen (secondary N) is 2. The van der Waals surface area contributed by atoms with Crippen LogP contribution in [0.15, 0.2) is 67.8 Å². The van der Waals surface area contributed by atoms with Gasteiger partial charge in [-0.1, -0.05) is 34.6 Å². The van der Waals surface area contributed by atoms with Crippen LogP contribution in [-0.4, -0.2) is 132 Å². The number of amides is 7. The van der Waals surface area contributed by atoms with Gasteiger partial charge in [0.15, 0.2) is 6.23 Å². The summed E-state index contributed by atoms with van der Waals surface area (Å²) >= 11 is 0. The quantitative estimate of drug-likeness (QED) is 0.0603. The van der Waals surface area contributed by atoms with Gasteiger partial charge in [-0.05, 0) is 108 Å². The third-order valence-electron chi connectivity index (χ3n) is 20.6. The Hall–Kier alpha value is -7.00. The molecule has 7 amide bonds. The molecule has 90 heavy (non-hydrogen) atoms. The molecule has 1 aromatic carbocycles. The second kappa shape index (κ2) is 25.6. The maximum Gasteiger partial charge on any atom is 0.472 e. The highest BCUT2D eigenvalue weighted by molar-refractivity contribution is 7.47. The first-order chi connectivity index (χ1) is 41.8. The van der Waals surface area contributed by atoms with Gasteiger partial charge in [0.25, 0.3) is 0 Å². The lowest BCUT2D eigenvalue weighted by molar-refractivity contribution is -0.124. The summed E-state index contributed by atoms with van der Waals surface area (Å²) in [6.45, 7) is 19.3. The number of aliphatic hydroxyl groups is 2. The van der Waals surface area contributed by atoms with Crippen LogP contribution >= 0.6 is 7.82 Å². The van der Waals surface area contributed by atoms with Crippen LogP contribution in [0, 0.1) is 59.2 Å². The van der Waals surface area contributed by atoms with Gasteiger partial charge in [0.1, 0.15) is 18.3 Å². The maximum atomic E-state index is 14.4. The monoisotopic (exact) mass is 1270 g/mol. The average Bonchev–Trinajstić information content (AvgIpc) is 1.53. The average molecular weight is 1270 g/mol. The Kier molecular flexibility index (Phi) is 19.6. The molecule has 0 radical (unpaired) electrons. The van der Waals surface area contributed by atoms with Gasteiger partial charge in [-0.3, -0.25) is 57.6 Å². The number of benzene rings is 1. The summed E-state index contributed by atoms with van der Waals surface area (Å²) in [5, 5.41) is 28.2. The number of hydrogen-bond donors (Lipinski definition) is 11. The van der Waals surface area contributed by atoms with Crippen LogP contribution in [0.2, 0.25) is 0 Å². The molecule has 2 aromatic rings. The van der Waals surface area contributed by atoms with E-state index in [9.17, 15) is 53.2 Å². The fourth-order valence-corrected chi connectivity index (χ4v) is 16.6. The second-order valence-corrected chi connectivity index (χ2v) is 28.4. The van der Waals surface area contributed by atoms with E-state index in [1.807, 2.05) is 87.4 Å². The molecular formula is C62H90N13O14P. The number of aryl methyl sites for hydroxylation is 2. The Labute approximate surface area is 523 Å². The third kappa shape index (κ3) is 13.0. The van der Waals surface area contributed by atoms with Crippen LogP contribution in [0.3, 0.4) is 0 Å². The topological polar surface area (TPSA) is 460 Å². The largest absolute Gasteiger partial charge is 0.472 e. The predicted octanol–water partition coefficient (Wildman–Crippen LogP) is 3.16. The molecule has 2 saturated heterocycles. The molecule has 15 atom stereocenters. The predicted molar refractivity (Wildman–Crippen MR) is 334 cm³/mol. The van der Waals surface area contributed by atoms with E-state index < -0.39 is 143 Å². The number of aliphatic imine (C=N–C) groups is 3. The highest BCUT2D eigenvalue weighted by atomic mass is 31.2. The number of fused-ring (bicyclic) bond motifs is 7. The highest BCUT2D eigenvalue weighted by Gasteiger charge is 2.66. The smallest absolute Gasteiger partial charge is 0.394 e. The van der Waals surface area contributed by atoms with Crippen molar-refractivity contribution in [1.82, 2.24) is 20.2 Å². The van der Waals surface area contributed by atoms with E-state index in [1.54, 1.807) is 4.57 Å². The number of primary amides is 6. The van der Waals surface area contributed by atoms with Crippen LogP contribution in [-0.2, 0) is 51.9 Å². The second-order valence-electron chi connectivity index (χ2n) is 27.1. The molecule has 28 heteroatoms. The summed E-state index contributed by atoms with van der Waals surface area (Å²) in [5.74, 6) is -7.18. The number of allylic oxidation sites excluding steroid dienone is 6. The Morgan fingerprint density at radius 2 is 1.40 bits per heavy atom. The molecule has 15 unspecified atom stereocenters. The summed E-state index contributed by atoms with van der Waals surface area (Å²) in [5.41, 5.74) is 37.4. The Balaban J connectivity index is 1.19. The Bertz CT molecular complexity index is 3540. The van der Waals surface area contributed by atoms with E-state index in [-0.39, 0.29) is 77.2 Å². The number of carbonyl (C=O) groups is 7. The van der Waals surface area contributed by atoms with Crippen molar-refractivity contribution >= 4 is 77.3 Å². The number of phosphoric ester groups is 1. The molecule has 8 bridgehead atoms. The molecule has 0 spiro atoms. The SMILES string of the molecule is CC1=C2N=C(C=C3NC(=C(C)C4=NC(C)(C5N=C1C(C)(CCC(=O)NCC(C)OP(=O)(O)OC1C(CO)OC(n6cnc7cc(C)c(C)cc76)C1O)C5CC(N)=O)C(C)(CC(N)=O)C4CCC(N)=O)C(C)(CC(N)=O)C3CCC(N)=O)C(C)(C)C2CCC(N)=O. The fraction of sp³-hybridized carbons (Fsp3) is 0.629. The van der Waals surface area contributed by atoms with Gasteiger partial charge >= 0.3 is 7.82 Å². The molecular weight excluding hydrogens is 1180 g/mol. The molecule has 17 N–H and O–H groups in total. The summed E-state index contributed by atoms with van der Waals surface area (Å²) in [7, 11) is -5.07. The van der Waals surface area contributed by atoms with Crippen molar-refractivity contribution < 1.29 is 67.0 Å². The summed E-state index contributed by atoms with van der Waals surface area (Å²) in [6.07, 6.45) is -4.26. The summed E-state index contributed by atoms with van der Waals surface area (Å²) in [4.78, 5) is 126. The number of carbonyl (C=O) groups excluding carboxylic acids is 7. The molecule has 27 nitrogen and oxygen atoms in total. The van der Waals surface area contributed by atoms with Crippen molar-refractivity contribution in [2.75, 3.05) is 13.2 Å². The highest BCUT2D eigenvalue weighted by Crippen LogP contribution is 2.63. The van der Waals surface area contributed by atoms with Crippen molar-refractivity contribution in [1.29, 1.82) is 0 Å². The minimum Gasteiger partial charge on any atom is -0.394 e. The van der Waals surface area contributed by atoms with Gasteiger partial charge in [0, 0.05) is 131 Å². The summed E-state index contributed by atoms with van der Waals surface area (Å²) < 4.78 is 32.3. The number of imidazole rings is 1. The van der Waals surface area contributed by atoms with E-state index in [0.29, 0.717) is 56.4 Å². The first-order valence-electron chi connectivity index (χ1n) is 30.6. The fourth-order valence-electron chi connectivity index (χ4n) is 15.4. The van der Waals surface area contributed by atoms with Gasteiger partial charge in [-0.25, -0.2) is 9.55 Å². The van der Waals surface area contributed by atoms with Gasteiger partial charge in [0.05, 0.1) is 41.7 Å². The van der Waals surface area contributed by atoms with Crippen molar-refractivity contribution in [2.24, 2.45) is 94.7 Å². The number of phosphoric acid groups is 1. The van der Waals surface area contributed by atoms with Crippen molar-refractivity contribution in [2.45, 2.75) is 189 Å². The molecule has 6 aliphatic rings. The lowest BCUT2D eigenvalue weighted by atomic mass is 9.55. The van der Waals surface area contributed by atoms with Crippen molar-refractivity contribution in [3.05, 3.63) is 63.9 Å². The maximum absolute atomic E-state index is 14.4. The van der Waals surface area contributed by atoms with E-state index >= 15 is 0 Å². The van der Waals surface area contributed by atoms with Gasteiger partial charge < -0.3 is 69.4 Å². The zero-order valence-corrected chi connectivity index (χ0v) is 54.1. The molecule has 6 aliphatic heterocycles. The number of aliphatic hydroxyl groups excluding tert-OH is 2. The van der Waals surface area contributed by atoms with Crippen molar-refractivity contribution in [3.8, 4) is 0 Å². The van der Waals surface area contributed by atoms with Gasteiger partial charge in [-0.2, -0.15) is 0 Å². The molecule has 2 fully saturated rings. The van der Waals surface area contributed by atoms with E-state index in [2.05, 4.69) is 15.6 Å². The van der Waals surface area contributed by atoms with Crippen LogP contribution in [0.25, 0.3) is 11.0 Å². The van der Waals surface area contributed by atoms with Gasteiger partial charge in [0.2, 0.25) is 41.4 Å². The van der Waals surface area contributed by atoms with E-state index in [4.69, 9.17) is 63.2 Å². The van der Waals surface area contributed by atoms with E-state index in [1.165, 1.54) is 13.3 Å². The third-order valence-corrected chi connectivity index (χ3v) is 21.7. The molecule has 1 aromatic heterocycles.